The van der Waals surface area contributed by atoms with Crippen molar-refractivity contribution in [2.45, 2.75) is 26.4 Å². The minimum absolute atomic E-state index is 0.00758. The van der Waals surface area contributed by atoms with Crippen molar-refractivity contribution in [3.05, 3.63) is 64.5 Å². The van der Waals surface area contributed by atoms with Crippen molar-refractivity contribution in [1.29, 1.82) is 0 Å². The molecule has 2 heterocycles. The van der Waals surface area contributed by atoms with Crippen molar-refractivity contribution in [3.63, 3.8) is 0 Å². The van der Waals surface area contributed by atoms with Gasteiger partial charge in [0.05, 0.1) is 16.8 Å². The Morgan fingerprint density at radius 1 is 1.12 bits per heavy atom. The number of ether oxygens (including phenoxy) is 1. The van der Waals surface area contributed by atoms with Crippen LogP contribution >= 0.6 is 11.3 Å². The Morgan fingerprint density at radius 3 is 2.67 bits per heavy atom. The van der Waals surface area contributed by atoms with Crippen LogP contribution in [0.15, 0.2) is 47.8 Å². The fourth-order valence-electron chi connectivity index (χ4n) is 3.52. The van der Waals surface area contributed by atoms with E-state index in [1.165, 1.54) is 6.07 Å². The molecule has 0 spiro atoms. The number of nitrogens with zero attached hydrogens (tertiary/aromatic N) is 2. The summed E-state index contributed by atoms with van der Waals surface area (Å²) in [4.78, 5) is 42.7. The zero-order valence-electron chi connectivity index (χ0n) is 17.5. The van der Waals surface area contributed by atoms with Crippen molar-refractivity contribution in [2.24, 2.45) is 0 Å². The molecule has 1 N–H and O–H groups in total. The van der Waals surface area contributed by atoms with Gasteiger partial charge in [0, 0.05) is 23.9 Å². The average Bonchev–Trinajstić information content (AvgIpc) is 3.32. The third-order valence-corrected chi connectivity index (χ3v) is 5.80. The van der Waals surface area contributed by atoms with E-state index < -0.39 is 6.61 Å². The first-order chi connectivity index (χ1) is 15.8. The van der Waals surface area contributed by atoms with E-state index in [1.54, 1.807) is 41.8 Å². The molecule has 2 aromatic carbocycles. The maximum Gasteiger partial charge on any atom is 0.387 e. The number of rotatable bonds is 8. The van der Waals surface area contributed by atoms with E-state index in [2.05, 4.69) is 15.0 Å². The van der Waals surface area contributed by atoms with Gasteiger partial charge in [-0.05, 0) is 37.6 Å². The topological polar surface area (TPSA) is 88.6 Å². The molecule has 0 fully saturated rings. The zero-order valence-corrected chi connectivity index (χ0v) is 18.3. The summed E-state index contributed by atoms with van der Waals surface area (Å²) in [5.41, 5.74) is 2.43. The Morgan fingerprint density at radius 2 is 1.88 bits per heavy atom. The van der Waals surface area contributed by atoms with Crippen molar-refractivity contribution in [3.8, 4) is 17.0 Å². The standard InChI is InChI=1S/C23H19F2N3O4S/c1-13-8-9-14-16(11-13)21(31)28(20(14)30)10-4-7-19(29)27-23-26-17(12-33-23)15-5-2-3-6-18(15)32-22(24)25/h2-3,5-6,8-9,11-12,22H,4,7,10H2,1H3,(H,26,27,29). The van der Waals surface area contributed by atoms with Gasteiger partial charge >= 0.3 is 6.61 Å². The van der Waals surface area contributed by atoms with Crippen molar-refractivity contribution < 1.29 is 27.9 Å². The van der Waals surface area contributed by atoms with Crippen LogP contribution in [0.2, 0.25) is 0 Å². The number of anilines is 1. The molecule has 4 rings (SSSR count). The third kappa shape index (κ3) is 4.90. The molecular weight excluding hydrogens is 452 g/mol. The number of carbonyl (C=O) groups excluding carboxylic acids is 3. The van der Waals surface area contributed by atoms with Crippen molar-refractivity contribution >= 4 is 34.2 Å². The maximum absolute atomic E-state index is 12.6. The van der Waals surface area contributed by atoms with E-state index in [0.717, 1.165) is 21.8 Å². The molecule has 0 saturated carbocycles. The number of carbonyl (C=O) groups is 3. The molecule has 0 atom stereocenters. The van der Waals surface area contributed by atoms with Gasteiger partial charge in [-0.2, -0.15) is 8.78 Å². The predicted octanol–water partition coefficient (Wildman–Crippen LogP) is 4.73. The molecule has 7 nitrogen and oxygen atoms in total. The van der Waals surface area contributed by atoms with Gasteiger partial charge in [-0.1, -0.05) is 23.8 Å². The molecule has 0 bridgehead atoms. The normalized spacial score (nSPS) is 12.9. The number of thiazole rings is 1. The van der Waals surface area contributed by atoms with Crippen LogP contribution in [0.5, 0.6) is 5.75 Å². The van der Waals surface area contributed by atoms with Crippen LogP contribution in [0.3, 0.4) is 0 Å². The molecule has 0 saturated heterocycles. The molecule has 0 radical (unpaired) electrons. The number of aryl methyl sites for hydroxylation is 1. The van der Waals surface area contributed by atoms with Gasteiger partial charge in [0.15, 0.2) is 5.13 Å². The number of fused-ring (bicyclic) bond motifs is 1. The molecule has 1 aromatic heterocycles. The van der Waals surface area contributed by atoms with Gasteiger partial charge in [-0.15, -0.1) is 11.3 Å². The Balaban J connectivity index is 1.33. The van der Waals surface area contributed by atoms with Crippen LogP contribution in [-0.4, -0.2) is 40.8 Å². The molecule has 1 aliphatic heterocycles. The van der Waals surface area contributed by atoms with Crippen LogP contribution < -0.4 is 10.1 Å². The van der Waals surface area contributed by atoms with Crippen LogP contribution in [0.1, 0.15) is 39.1 Å². The number of imide groups is 1. The summed E-state index contributed by atoms with van der Waals surface area (Å²) >= 11 is 1.15. The highest BCUT2D eigenvalue weighted by molar-refractivity contribution is 7.14. The first-order valence-corrected chi connectivity index (χ1v) is 11.0. The Bertz CT molecular complexity index is 1230. The number of benzene rings is 2. The van der Waals surface area contributed by atoms with Gasteiger partial charge in [-0.25, -0.2) is 4.98 Å². The fourth-order valence-corrected chi connectivity index (χ4v) is 4.25. The average molecular weight is 471 g/mol. The SMILES string of the molecule is Cc1ccc2c(c1)C(=O)N(CCCC(=O)Nc1nc(-c3ccccc3OC(F)F)cs1)C2=O. The second kappa shape index (κ2) is 9.45. The van der Waals surface area contributed by atoms with E-state index in [0.29, 0.717) is 33.9 Å². The molecule has 33 heavy (non-hydrogen) atoms. The molecule has 0 aliphatic carbocycles. The highest BCUT2D eigenvalue weighted by atomic mass is 32.1. The summed E-state index contributed by atoms with van der Waals surface area (Å²) in [7, 11) is 0. The molecule has 3 amide bonds. The number of hydrogen-bond acceptors (Lipinski definition) is 6. The van der Waals surface area contributed by atoms with E-state index >= 15 is 0 Å². The molecule has 10 heteroatoms. The van der Waals surface area contributed by atoms with Gasteiger partial charge in [0.2, 0.25) is 5.91 Å². The first-order valence-electron chi connectivity index (χ1n) is 10.1. The van der Waals surface area contributed by atoms with E-state index in [4.69, 9.17) is 0 Å². The number of alkyl halides is 2. The number of amides is 3. The summed E-state index contributed by atoms with van der Waals surface area (Å²) in [5.74, 6) is -1.05. The van der Waals surface area contributed by atoms with Crippen LogP contribution in [0.25, 0.3) is 11.3 Å². The lowest BCUT2D eigenvalue weighted by atomic mass is 10.1. The number of nitrogens with one attached hydrogen (secondary N) is 1. The van der Waals surface area contributed by atoms with E-state index in [9.17, 15) is 23.2 Å². The van der Waals surface area contributed by atoms with Gasteiger partial charge in [0.25, 0.3) is 11.8 Å². The van der Waals surface area contributed by atoms with Crippen LogP contribution in [0.4, 0.5) is 13.9 Å². The summed E-state index contributed by atoms with van der Waals surface area (Å²) < 4.78 is 29.8. The lowest BCUT2D eigenvalue weighted by molar-refractivity contribution is -0.116. The second-order valence-electron chi connectivity index (χ2n) is 7.38. The summed E-state index contributed by atoms with van der Waals surface area (Å²) in [6, 6.07) is 11.4. The molecule has 0 unspecified atom stereocenters. The molecule has 170 valence electrons. The number of halogens is 2. The lowest BCUT2D eigenvalue weighted by Gasteiger charge is -2.13. The quantitative estimate of drug-likeness (QED) is 0.480. The Kier molecular flexibility index (Phi) is 6.45. The van der Waals surface area contributed by atoms with E-state index in [-0.39, 0.29) is 36.4 Å². The smallest absolute Gasteiger partial charge is 0.387 e. The van der Waals surface area contributed by atoms with Crippen LogP contribution in [-0.2, 0) is 4.79 Å². The Hall–Kier alpha value is -3.66. The predicted molar refractivity (Wildman–Crippen MR) is 119 cm³/mol. The van der Waals surface area contributed by atoms with Crippen LogP contribution in [0, 0.1) is 6.92 Å². The maximum atomic E-state index is 12.6. The summed E-state index contributed by atoms with van der Waals surface area (Å²) in [6.45, 7) is -0.991. The van der Waals surface area contributed by atoms with Gasteiger partial charge in [-0.3, -0.25) is 19.3 Å². The second-order valence-corrected chi connectivity index (χ2v) is 8.23. The van der Waals surface area contributed by atoms with Gasteiger partial charge < -0.3 is 10.1 Å². The zero-order chi connectivity index (χ0) is 23.5. The molecule has 3 aromatic rings. The molecule has 1 aliphatic rings. The number of aromatic nitrogens is 1. The summed E-state index contributed by atoms with van der Waals surface area (Å²) in [6.07, 6.45) is 0.367. The highest BCUT2D eigenvalue weighted by Gasteiger charge is 2.35. The number of para-hydroxylation sites is 1. The Labute approximate surface area is 192 Å². The number of hydrogen-bond donors (Lipinski definition) is 1. The van der Waals surface area contributed by atoms with E-state index in [1.807, 2.05) is 6.92 Å². The highest BCUT2D eigenvalue weighted by Crippen LogP contribution is 2.33. The summed E-state index contributed by atoms with van der Waals surface area (Å²) in [5, 5.41) is 4.59. The van der Waals surface area contributed by atoms with Crippen molar-refractivity contribution in [2.75, 3.05) is 11.9 Å². The first kappa shape index (κ1) is 22.5. The monoisotopic (exact) mass is 471 g/mol. The lowest BCUT2D eigenvalue weighted by Crippen LogP contribution is -2.31. The minimum atomic E-state index is -2.96. The minimum Gasteiger partial charge on any atom is -0.434 e. The van der Waals surface area contributed by atoms with Gasteiger partial charge in [0.1, 0.15) is 5.75 Å². The third-order valence-electron chi connectivity index (χ3n) is 5.04. The largest absolute Gasteiger partial charge is 0.434 e. The molecular formula is C23H19F2N3O4S. The van der Waals surface area contributed by atoms with Crippen molar-refractivity contribution in [1.82, 2.24) is 9.88 Å². The fraction of sp³-hybridized carbons (Fsp3) is 0.217.